The predicted molar refractivity (Wildman–Crippen MR) is 126 cm³/mol. The van der Waals surface area contributed by atoms with E-state index in [1.165, 1.54) is 23.1 Å². The number of hydrogen-bond donors (Lipinski definition) is 1. The molecule has 0 fully saturated rings. The molecule has 0 aliphatic rings. The van der Waals surface area contributed by atoms with Gasteiger partial charge in [0.25, 0.3) is 0 Å². The van der Waals surface area contributed by atoms with E-state index in [-0.39, 0.29) is 24.9 Å². The number of thiophene rings is 1. The highest BCUT2D eigenvalue weighted by atomic mass is 32.2. The molecule has 0 bridgehead atoms. The van der Waals surface area contributed by atoms with Gasteiger partial charge in [0.05, 0.1) is 17.9 Å². The van der Waals surface area contributed by atoms with Crippen LogP contribution in [0.4, 0.5) is 5.00 Å². The predicted octanol–water partition coefficient (Wildman–Crippen LogP) is 4.23. The van der Waals surface area contributed by atoms with Crippen LogP contribution in [0.15, 0.2) is 35.5 Å². The first-order valence-electron chi connectivity index (χ1n) is 10.2. The molecule has 1 N–H and O–H groups in total. The molecule has 10 heteroatoms. The van der Waals surface area contributed by atoms with Crippen molar-refractivity contribution < 1.29 is 19.1 Å². The smallest absolute Gasteiger partial charge is 0.341 e. The quantitative estimate of drug-likeness (QED) is 0.347. The Morgan fingerprint density at radius 2 is 2.00 bits per heavy atom. The van der Waals surface area contributed by atoms with E-state index in [0.717, 1.165) is 22.6 Å². The molecule has 0 saturated carbocycles. The van der Waals surface area contributed by atoms with Gasteiger partial charge in [0.2, 0.25) is 5.91 Å². The summed E-state index contributed by atoms with van der Waals surface area (Å²) in [6, 6.07) is 9.54. The number of esters is 1. The summed E-state index contributed by atoms with van der Waals surface area (Å²) in [4.78, 5) is 25.7. The minimum Gasteiger partial charge on any atom is -0.485 e. The molecule has 2 heterocycles. The molecule has 0 aliphatic heterocycles. The molecular weight excluding hydrogens is 448 g/mol. The average molecular weight is 475 g/mol. The summed E-state index contributed by atoms with van der Waals surface area (Å²) in [5.74, 6) is 0.922. The summed E-state index contributed by atoms with van der Waals surface area (Å²) >= 11 is 2.65. The molecule has 170 valence electrons. The number of ether oxygens (including phenoxy) is 2. The van der Waals surface area contributed by atoms with Crippen LogP contribution in [-0.4, -0.2) is 39.0 Å². The van der Waals surface area contributed by atoms with Gasteiger partial charge in [-0.25, -0.2) is 4.79 Å². The van der Waals surface area contributed by atoms with Gasteiger partial charge >= 0.3 is 5.97 Å². The minimum absolute atomic E-state index is 0.131. The van der Waals surface area contributed by atoms with Crippen molar-refractivity contribution in [1.29, 1.82) is 0 Å². The van der Waals surface area contributed by atoms with Crippen LogP contribution in [0.1, 0.15) is 40.5 Å². The fraction of sp³-hybridized carbons (Fsp3) is 0.364. The third-order valence-electron chi connectivity index (χ3n) is 4.59. The highest BCUT2D eigenvalue weighted by molar-refractivity contribution is 7.99. The lowest BCUT2D eigenvalue weighted by Gasteiger charge is -2.09. The van der Waals surface area contributed by atoms with Crippen molar-refractivity contribution in [2.75, 3.05) is 17.7 Å². The number of carbonyl (C=O) groups excluding carboxylic acids is 2. The molecule has 0 atom stereocenters. The first kappa shape index (κ1) is 23.8. The van der Waals surface area contributed by atoms with Crippen LogP contribution in [0.25, 0.3) is 0 Å². The summed E-state index contributed by atoms with van der Waals surface area (Å²) in [6.45, 7) is 6.29. The topological polar surface area (TPSA) is 95.3 Å². The Kier molecular flexibility index (Phi) is 8.29. The zero-order valence-electron chi connectivity index (χ0n) is 18.5. The number of rotatable bonds is 10. The normalized spacial score (nSPS) is 10.8. The van der Waals surface area contributed by atoms with E-state index in [1.807, 2.05) is 45.2 Å². The first-order chi connectivity index (χ1) is 15.4. The maximum absolute atomic E-state index is 12.5. The second kappa shape index (κ2) is 11.1. The van der Waals surface area contributed by atoms with Crippen LogP contribution in [-0.2, 0) is 29.6 Å². The van der Waals surface area contributed by atoms with Crippen molar-refractivity contribution >= 4 is 40.0 Å². The van der Waals surface area contributed by atoms with Crippen LogP contribution < -0.4 is 10.1 Å². The zero-order chi connectivity index (χ0) is 23.1. The highest BCUT2D eigenvalue weighted by Gasteiger charge is 2.19. The SMILES string of the molecule is CCOC(=O)c1cc(CC)sc1NC(=O)CSc1nnc(COc2ccccc2C)n1C. The number of carbonyl (C=O) groups is 2. The molecule has 8 nitrogen and oxygen atoms in total. The second-order valence-electron chi connectivity index (χ2n) is 6.88. The third kappa shape index (κ3) is 5.89. The zero-order valence-corrected chi connectivity index (χ0v) is 20.1. The Morgan fingerprint density at radius 1 is 1.22 bits per heavy atom. The van der Waals surface area contributed by atoms with Crippen LogP contribution in [0.5, 0.6) is 5.75 Å². The molecule has 1 amide bonds. The van der Waals surface area contributed by atoms with E-state index in [1.54, 1.807) is 17.6 Å². The number of aryl methyl sites for hydroxylation is 2. The lowest BCUT2D eigenvalue weighted by atomic mass is 10.2. The standard InChI is InChI=1S/C22H26N4O4S2/c1-5-15-11-16(21(28)29-6-2)20(32-15)23-19(27)13-31-22-25-24-18(26(22)4)12-30-17-10-8-7-9-14(17)3/h7-11H,5-6,12-13H2,1-4H3,(H,23,27). The van der Waals surface area contributed by atoms with Crippen LogP contribution in [0.3, 0.4) is 0 Å². The van der Waals surface area contributed by atoms with Crippen molar-refractivity contribution in [1.82, 2.24) is 14.8 Å². The van der Waals surface area contributed by atoms with Gasteiger partial charge in [-0.2, -0.15) is 0 Å². The number of benzene rings is 1. The van der Waals surface area contributed by atoms with E-state index < -0.39 is 5.97 Å². The summed E-state index contributed by atoms with van der Waals surface area (Å²) in [5.41, 5.74) is 1.43. The Bertz CT molecular complexity index is 1090. The number of amides is 1. The van der Waals surface area contributed by atoms with Crippen molar-refractivity contribution in [3.8, 4) is 5.75 Å². The van der Waals surface area contributed by atoms with Gasteiger partial charge in [0.15, 0.2) is 11.0 Å². The molecule has 0 unspecified atom stereocenters. The highest BCUT2D eigenvalue weighted by Crippen LogP contribution is 2.30. The third-order valence-corrected chi connectivity index (χ3v) is 6.80. The van der Waals surface area contributed by atoms with Gasteiger partial charge in [-0.05, 0) is 38.0 Å². The van der Waals surface area contributed by atoms with Crippen molar-refractivity contribution in [2.45, 2.75) is 39.0 Å². The van der Waals surface area contributed by atoms with Gasteiger partial charge in [-0.3, -0.25) is 4.79 Å². The Hall–Kier alpha value is -2.85. The Morgan fingerprint density at radius 3 is 2.72 bits per heavy atom. The monoisotopic (exact) mass is 474 g/mol. The number of aromatic nitrogens is 3. The number of thioether (sulfide) groups is 1. The number of nitrogens with zero attached hydrogens (tertiary/aromatic N) is 3. The van der Waals surface area contributed by atoms with E-state index in [0.29, 0.717) is 21.5 Å². The number of nitrogens with one attached hydrogen (secondary N) is 1. The minimum atomic E-state index is -0.432. The maximum Gasteiger partial charge on any atom is 0.341 e. The molecule has 1 aromatic carbocycles. The van der Waals surface area contributed by atoms with Crippen LogP contribution in [0.2, 0.25) is 0 Å². The van der Waals surface area contributed by atoms with Gasteiger partial charge < -0.3 is 19.4 Å². The largest absolute Gasteiger partial charge is 0.485 e. The fourth-order valence-corrected chi connectivity index (χ4v) is 4.55. The molecule has 3 rings (SSSR count). The van der Waals surface area contributed by atoms with Crippen molar-refractivity contribution in [3.05, 3.63) is 52.2 Å². The second-order valence-corrected chi connectivity index (χ2v) is 8.96. The fourth-order valence-electron chi connectivity index (χ4n) is 2.82. The molecule has 32 heavy (non-hydrogen) atoms. The van der Waals surface area contributed by atoms with Gasteiger partial charge in [0, 0.05) is 11.9 Å². The van der Waals surface area contributed by atoms with Crippen LogP contribution >= 0.6 is 23.1 Å². The average Bonchev–Trinajstić information content (AvgIpc) is 3.35. The van der Waals surface area contributed by atoms with Crippen molar-refractivity contribution in [3.63, 3.8) is 0 Å². The lowest BCUT2D eigenvalue weighted by Crippen LogP contribution is -2.16. The first-order valence-corrected chi connectivity index (χ1v) is 12.0. The number of para-hydroxylation sites is 1. The van der Waals surface area contributed by atoms with E-state index in [2.05, 4.69) is 15.5 Å². The summed E-state index contributed by atoms with van der Waals surface area (Å²) in [7, 11) is 1.84. The molecule has 0 saturated heterocycles. The Labute approximate surface area is 195 Å². The lowest BCUT2D eigenvalue weighted by molar-refractivity contribution is -0.113. The van der Waals surface area contributed by atoms with Crippen LogP contribution in [0, 0.1) is 6.92 Å². The van der Waals surface area contributed by atoms with Gasteiger partial charge in [0.1, 0.15) is 17.4 Å². The Balaban J connectivity index is 1.58. The molecule has 0 radical (unpaired) electrons. The molecule has 3 aromatic rings. The molecule has 0 spiro atoms. The molecule has 2 aromatic heterocycles. The maximum atomic E-state index is 12.5. The number of anilines is 1. The van der Waals surface area contributed by atoms with E-state index in [9.17, 15) is 9.59 Å². The summed E-state index contributed by atoms with van der Waals surface area (Å²) in [6.07, 6.45) is 0.772. The van der Waals surface area contributed by atoms with Crippen molar-refractivity contribution in [2.24, 2.45) is 7.05 Å². The van der Waals surface area contributed by atoms with Gasteiger partial charge in [-0.15, -0.1) is 21.5 Å². The molecule has 0 aliphatic carbocycles. The summed E-state index contributed by atoms with van der Waals surface area (Å²) in [5, 5.41) is 12.3. The summed E-state index contributed by atoms with van der Waals surface area (Å²) < 4.78 is 12.7. The number of hydrogen-bond acceptors (Lipinski definition) is 8. The van der Waals surface area contributed by atoms with E-state index >= 15 is 0 Å². The van der Waals surface area contributed by atoms with E-state index in [4.69, 9.17) is 9.47 Å². The van der Waals surface area contributed by atoms with Gasteiger partial charge in [-0.1, -0.05) is 36.9 Å². The molecular formula is C22H26N4O4S2.